The largest absolute Gasteiger partial charge is 0.324 e. The highest BCUT2D eigenvalue weighted by atomic mass is 35.5. The number of nitrogens with one attached hydrogen (secondary N) is 1. The van der Waals surface area contributed by atoms with Gasteiger partial charge in [0.2, 0.25) is 5.91 Å². The predicted octanol–water partition coefficient (Wildman–Crippen LogP) is 7.48. The van der Waals surface area contributed by atoms with Crippen LogP contribution >= 0.6 is 35.1 Å². The van der Waals surface area contributed by atoms with Gasteiger partial charge in [-0.2, -0.15) is 0 Å². The third-order valence-corrected chi connectivity index (χ3v) is 8.16. The highest BCUT2D eigenvalue weighted by Gasteiger charge is 2.16. The Kier molecular flexibility index (Phi) is 8.17. The topological polar surface area (TPSA) is 64.0 Å². The van der Waals surface area contributed by atoms with Crippen molar-refractivity contribution < 1.29 is 4.79 Å². The van der Waals surface area contributed by atoms with Crippen LogP contribution in [-0.2, 0) is 11.2 Å². The summed E-state index contributed by atoms with van der Waals surface area (Å²) in [7, 11) is 0. The summed E-state index contributed by atoms with van der Waals surface area (Å²) in [5.74, 6) is -0.0907. The first-order valence-electron chi connectivity index (χ1n) is 12.1. The van der Waals surface area contributed by atoms with Gasteiger partial charge in [-0.25, -0.2) is 4.98 Å². The van der Waals surface area contributed by atoms with Crippen molar-refractivity contribution in [1.29, 1.82) is 0 Å². The number of thioether (sulfide) groups is 1. The maximum Gasteiger partial charge on any atom is 0.266 e. The summed E-state index contributed by atoms with van der Waals surface area (Å²) in [6, 6.07) is 30.4. The number of hydrogen-bond donors (Lipinski definition) is 1. The molecule has 0 aliphatic heterocycles. The van der Waals surface area contributed by atoms with Crippen molar-refractivity contribution in [2.75, 3.05) is 11.1 Å². The average molecular weight is 558 g/mol. The molecule has 0 saturated carbocycles. The minimum atomic E-state index is -0.186. The Morgan fingerprint density at radius 3 is 2.39 bits per heavy atom. The highest BCUT2D eigenvalue weighted by molar-refractivity contribution is 8.00. The molecule has 1 N–H and O–H groups in total. The Balaban J connectivity index is 1.39. The zero-order valence-corrected chi connectivity index (χ0v) is 22.9. The molecule has 38 heavy (non-hydrogen) atoms. The lowest BCUT2D eigenvalue weighted by molar-refractivity contribution is -0.113. The van der Waals surface area contributed by atoms with Crippen LogP contribution in [0.15, 0.2) is 117 Å². The van der Waals surface area contributed by atoms with Crippen molar-refractivity contribution in [3.63, 3.8) is 0 Å². The fourth-order valence-electron chi connectivity index (χ4n) is 3.92. The monoisotopic (exact) mass is 557 g/mol. The molecule has 5 rings (SSSR count). The smallest absolute Gasteiger partial charge is 0.266 e. The zero-order chi connectivity index (χ0) is 26.5. The van der Waals surface area contributed by atoms with Crippen molar-refractivity contribution in [3.05, 3.63) is 118 Å². The number of aryl methyl sites for hydroxylation is 1. The molecular weight excluding hydrogens is 534 g/mol. The first kappa shape index (κ1) is 26.1. The zero-order valence-electron chi connectivity index (χ0n) is 20.6. The lowest BCUT2D eigenvalue weighted by Gasteiger charge is -2.14. The summed E-state index contributed by atoms with van der Waals surface area (Å²) in [6.45, 7) is 2.09. The average Bonchev–Trinajstić information content (AvgIpc) is 2.94. The molecule has 0 saturated heterocycles. The van der Waals surface area contributed by atoms with Crippen LogP contribution in [0.2, 0.25) is 5.02 Å². The quantitative estimate of drug-likeness (QED) is 0.158. The number of para-hydroxylation sites is 2. The van der Waals surface area contributed by atoms with Gasteiger partial charge < -0.3 is 5.32 Å². The number of anilines is 1. The van der Waals surface area contributed by atoms with Crippen LogP contribution in [0.4, 0.5) is 5.69 Å². The van der Waals surface area contributed by atoms with Gasteiger partial charge in [0.15, 0.2) is 5.16 Å². The summed E-state index contributed by atoms with van der Waals surface area (Å²) in [6.07, 6.45) is 0.907. The highest BCUT2D eigenvalue weighted by Crippen LogP contribution is 2.34. The van der Waals surface area contributed by atoms with Gasteiger partial charge in [-0.05, 0) is 72.6 Å². The molecule has 0 fully saturated rings. The lowest BCUT2D eigenvalue weighted by atomic mass is 10.1. The van der Waals surface area contributed by atoms with E-state index in [0.29, 0.717) is 21.1 Å². The number of halogens is 1. The van der Waals surface area contributed by atoms with Crippen LogP contribution in [0.3, 0.4) is 0 Å². The summed E-state index contributed by atoms with van der Waals surface area (Å²) in [5.41, 5.74) is 3.06. The molecule has 1 aromatic heterocycles. The number of amides is 1. The van der Waals surface area contributed by atoms with Crippen LogP contribution in [-0.4, -0.2) is 21.2 Å². The van der Waals surface area contributed by atoms with Crippen LogP contribution < -0.4 is 10.9 Å². The van der Waals surface area contributed by atoms with Crippen LogP contribution in [0.25, 0.3) is 16.6 Å². The molecule has 0 radical (unpaired) electrons. The fourth-order valence-corrected chi connectivity index (χ4v) is 5.76. The van der Waals surface area contributed by atoms with E-state index in [4.69, 9.17) is 16.6 Å². The number of nitrogens with zero attached hydrogens (tertiary/aromatic N) is 2. The third kappa shape index (κ3) is 5.96. The number of rotatable bonds is 8. The van der Waals surface area contributed by atoms with Gasteiger partial charge >= 0.3 is 0 Å². The minimum Gasteiger partial charge on any atom is -0.324 e. The molecule has 190 valence electrons. The van der Waals surface area contributed by atoms with E-state index in [-0.39, 0.29) is 17.2 Å². The van der Waals surface area contributed by atoms with Gasteiger partial charge in [0.25, 0.3) is 5.56 Å². The molecule has 0 unspecified atom stereocenters. The van der Waals surface area contributed by atoms with E-state index in [0.717, 1.165) is 27.6 Å². The van der Waals surface area contributed by atoms with Crippen molar-refractivity contribution in [2.24, 2.45) is 0 Å². The third-order valence-electron chi connectivity index (χ3n) is 5.88. The van der Waals surface area contributed by atoms with E-state index in [1.165, 1.54) is 17.3 Å². The van der Waals surface area contributed by atoms with Gasteiger partial charge in [0, 0.05) is 14.8 Å². The van der Waals surface area contributed by atoms with Crippen molar-refractivity contribution in [2.45, 2.75) is 28.3 Å². The second-order valence-electron chi connectivity index (χ2n) is 8.46. The number of carbonyl (C=O) groups is 1. The molecule has 1 heterocycles. The van der Waals surface area contributed by atoms with Crippen LogP contribution in [0.5, 0.6) is 0 Å². The number of carbonyl (C=O) groups excluding carboxylic acids is 1. The lowest BCUT2D eigenvalue weighted by Crippen LogP contribution is -2.23. The SMILES string of the molecule is CCc1ccc(-n2c(SCC(=O)Nc3ccccc3Sc3ccc(Cl)cc3)nc3ccccc3c2=O)cc1. The van der Waals surface area contributed by atoms with Gasteiger partial charge in [0.05, 0.1) is 28.0 Å². The minimum absolute atomic E-state index is 0.0950. The molecule has 4 aromatic carbocycles. The van der Waals surface area contributed by atoms with Gasteiger partial charge in [0.1, 0.15) is 0 Å². The Bertz CT molecular complexity index is 1650. The summed E-state index contributed by atoms with van der Waals surface area (Å²) >= 11 is 8.80. The van der Waals surface area contributed by atoms with E-state index in [9.17, 15) is 9.59 Å². The predicted molar refractivity (Wildman–Crippen MR) is 158 cm³/mol. The standard InChI is InChI=1S/C30H24ClN3O2S2/c1-2-20-11-15-22(16-12-20)34-29(36)24-7-3-4-8-25(24)33-30(34)37-19-28(35)32-26-9-5-6-10-27(26)38-23-17-13-21(31)14-18-23/h3-18H,2,19H2,1H3,(H,32,35). The molecule has 5 aromatic rings. The Morgan fingerprint density at radius 1 is 0.921 bits per heavy atom. The van der Waals surface area contributed by atoms with Crippen molar-refractivity contribution in [3.8, 4) is 5.69 Å². The number of aromatic nitrogens is 2. The van der Waals surface area contributed by atoms with Gasteiger partial charge in [-0.1, -0.05) is 78.4 Å². The van der Waals surface area contributed by atoms with Gasteiger partial charge in [-0.3, -0.25) is 14.2 Å². The molecule has 0 aliphatic rings. The summed E-state index contributed by atoms with van der Waals surface area (Å²) in [4.78, 5) is 33.2. The molecule has 0 aliphatic carbocycles. The van der Waals surface area contributed by atoms with E-state index < -0.39 is 0 Å². The normalized spacial score (nSPS) is 11.0. The van der Waals surface area contributed by atoms with E-state index in [1.54, 1.807) is 22.4 Å². The van der Waals surface area contributed by atoms with E-state index in [1.807, 2.05) is 91.0 Å². The van der Waals surface area contributed by atoms with E-state index in [2.05, 4.69) is 12.2 Å². The van der Waals surface area contributed by atoms with Gasteiger partial charge in [-0.15, -0.1) is 0 Å². The summed E-state index contributed by atoms with van der Waals surface area (Å²) < 4.78 is 1.59. The first-order valence-corrected chi connectivity index (χ1v) is 14.3. The Morgan fingerprint density at radius 2 is 1.63 bits per heavy atom. The molecule has 0 bridgehead atoms. The van der Waals surface area contributed by atoms with E-state index >= 15 is 0 Å². The molecule has 1 amide bonds. The molecule has 0 atom stereocenters. The Hall–Kier alpha value is -3.52. The maximum atomic E-state index is 13.5. The molecule has 0 spiro atoms. The number of benzene rings is 4. The Labute approximate surface area is 234 Å². The number of fused-ring (bicyclic) bond motifs is 1. The summed E-state index contributed by atoms with van der Waals surface area (Å²) in [5, 5.41) is 4.70. The first-order chi connectivity index (χ1) is 18.5. The maximum absolute atomic E-state index is 13.5. The van der Waals surface area contributed by atoms with Crippen molar-refractivity contribution in [1.82, 2.24) is 9.55 Å². The molecule has 8 heteroatoms. The fraction of sp³-hybridized carbons (Fsp3) is 0.100. The number of hydrogen-bond acceptors (Lipinski definition) is 5. The molecular formula is C30H24ClN3O2S2. The second kappa shape index (κ2) is 11.9. The van der Waals surface area contributed by atoms with Crippen LogP contribution in [0, 0.1) is 0 Å². The van der Waals surface area contributed by atoms with Crippen molar-refractivity contribution >= 4 is 57.6 Å². The second-order valence-corrected chi connectivity index (χ2v) is 11.0. The van der Waals surface area contributed by atoms with Crippen LogP contribution in [0.1, 0.15) is 12.5 Å². The molecule has 5 nitrogen and oxygen atoms in total.